The summed E-state index contributed by atoms with van der Waals surface area (Å²) in [6.07, 6.45) is 6.28. The monoisotopic (exact) mass is 250 g/mol. The third kappa shape index (κ3) is 2.71. The molecule has 0 saturated carbocycles. The van der Waals surface area contributed by atoms with Crippen molar-refractivity contribution in [1.29, 1.82) is 0 Å². The second kappa shape index (κ2) is 5.48. The van der Waals surface area contributed by atoms with E-state index in [1.54, 1.807) is 12.4 Å². The van der Waals surface area contributed by atoms with Crippen LogP contribution in [0.4, 0.5) is 0 Å². The average molecular weight is 250 g/mol. The third-order valence-corrected chi connectivity index (χ3v) is 2.98. The highest BCUT2D eigenvalue weighted by Gasteiger charge is 2.02. The predicted octanol–water partition coefficient (Wildman–Crippen LogP) is 3.25. The number of hydrogen-bond donors (Lipinski definition) is 0. The Morgan fingerprint density at radius 3 is 2.79 bits per heavy atom. The van der Waals surface area contributed by atoms with Crippen molar-refractivity contribution in [3.63, 3.8) is 0 Å². The highest BCUT2D eigenvalue weighted by atomic mass is 16.5. The zero-order valence-corrected chi connectivity index (χ0v) is 10.5. The minimum atomic E-state index is 0.639. The number of benzene rings is 1. The highest BCUT2D eigenvalue weighted by molar-refractivity contribution is 5.84. The summed E-state index contributed by atoms with van der Waals surface area (Å²) in [7, 11) is 0. The Morgan fingerprint density at radius 1 is 0.947 bits per heavy atom. The Labute approximate surface area is 111 Å². The van der Waals surface area contributed by atoms with Gasteiger partial charge in [-0.15, -0.1) is 0 Å². The molecule has 0 amide bonds. The lowest BCUT2D eigenvalue weighted by molar-refractivity contribution is 0.325. The number of nitrogens with zero attached hydrogens (tertiary/aromatic N) is 2. The van der Waals surface area contributed by atoms with Crippen LogP contribution in [0.3, 0.4) is 0 Å². The van der Waals surface area contributed by atoms with E-state index in [9.17, 15) is 0 Å². The Hall–Kier alpha value is -2.42. The molecule has 0 bridgehead atoms. The largest absolute Gasteiger partial charge is 0.492 e. The van der Waals surface area contributed by atoms with E-state index in [1.807, 2.05) is 42.6 Å². The first-order chi connectivity index (χ1) is 9.43. The maximum absolute atomic E-state index is 5.86. The first-order valence-corrected chi connectivity index (χ1v) is 6.29. The normalized spacial score (nSPS) is 10.5. The first kappa shape index (κ1) is 11.7. The van der Waals surface area contributed by atoms with Gasteiger partial charge in [-0.2, -0.15) is 0 Å². The molecule has 0 aliphatic heterocycles. The lowest BCUT2D eigenvalue weighted by atomic mass is 10.2. The van der Waals surface area contributed by atoms with Gasteiger partial charge in [-0.25, -0.2) is 0 Å². The van der Waals surface area contributed by atoms with Gasteiger partial charge in [0, 0.05) is 30.4 Å². The fourth-order valence-electron chi connectivity index (χ4n) is 2.02. The molecule has 0 N–H and O–H groups in total. The maximum Gasteiger partial charge on any atom is 0.130 e. The zero-order valence-electron chi connectivity index (χ0n) is 10.5. The molecule has 3 heteroatoms. The van der Waals surface area contributed by atoms with Crippen LogP contribution in [0, 0.1) is 0 Å². The van der Waals surface area contributed by atoms with Crippen LogP contribution in [0.25, 0.3) is 10.9 Å². The Kier molecular flexibility index (Phi) is 3.36. The van der Waals surface area contributed by atoms with Gasteiger partial charge in [0.15, 0.2) is 0 Å². The van der Waals surface area contributed by atoms with E-state index in [0.29, 0.717) is 6.61 Å². The quantitative estimate of drug-likeness (QED) is 0.713. The summed E-state index contributed by atoms with van der Waals surface area (Å²) in [5.74, 6) is 0.884. The zero-order chi connectivity index (χ0) is 12.9. The summed E-state index contributed by atoms with van der Waals surface area (Å²) >= 11 is 0. The first-order valence-electron chi connectivity index (χ1n) is 6.29. The van der Waals surface area contributed by atoms with Crippen molar-refractivity contribution in [3.8, 4) is 5.75 Å². The van der Waals surface area contributed by atoms with Crippen LogP contribution in [0.5, 0.6) is 5.75 Å². The van der Waals surface area contributed by atoms with E-state index in [4.69, 9.17) is 4.74 Å². The summed E-state index contributed by atoms with van der Waals surface area (Å²) in [5, 5.41) is 1.05. The highest BCUT2D eigenvalue weighted by Crippen LogP contribution is 2.23. The molecule has 0 atom stereocenters. The van der Waals surface area contributed by atoms with E-state index >= 15 is 0 Å². The van der Waals surface area contributed by atoms with Crippen LogP contribution in [0.15, 0.2) is 61.1 Å². The third-order valence-electron chi connectivity index (χ3n) is 2.98. The van der Waals surface area contributed by atoms with Crippen molar-refractivity contribution in [2.45, 2.75) is 6.42 Å². The number of hydrogen-bond acceptors (Lipinski definition) is 3. The second-order valence-electron chi connectivity index (χ2n) is 4.29. The van der Waals surface area contributed by atoms with Gasteiger partial charge >= 0.3 is 0 Å². The molecular formula is C16H14N2O. The molecule has 2 aromatic heterocycles. The van der Waals surface area contributed by atoms with E-state index in [1.165, 1.54) is 5.56 Å². The summed E-state index contributed by atoms with van der Waals surface area (Å²) in [6.45, 7) is 0.639. The molecular weight excluding hydrogens is 236 g/mol. The molecule has 0 aliphatic carbocycles. The molecule has 0 saturated heterocycles. The molecule has 3 rings (SSSR count). The summed E-state index contributed by atoms with van der Waals surface area (Å²) < 4.78 is 5.86. The molecule has 0 spiro atoms. The second-order valence-corrected chi connectivity index (χ2v) is 4.29. The fraction of sp³-hybridized carbons (Fsp3) is 0.125. The van der Waals surface area contributed by atoms with Crippen LogP contribution in [-0.4, -0.2) is 16.6 Å². The van der Waals surface area contributed by atoms with Gasteiger partial charge in [-0.3, -0.25) is 9.97 Å². The summed E-state index contributed by atoms with van der Waals surface area (Å²) in [4.78, 5) is 8.41. The molecule has 1 aromatic carbocycles. The number of pyridine rings is 2. The minimum absolute atomic E-state index is 0.639. The van der Waals surface area contributed by atoms with Crippen molar-refractivity contribution in [2.24, 2.45) is 0 Å². The van der Waals surface area contributed by atoms with Gasteiger partial charge in [-0.05, 0) is 29.8 Å². The number of aromatic nitrogens is 2. The van der Waals surface area contributed by atoms with Gasteiger partial charge < -0.3 is 4.74 Å². The van der Waals surface area contributed by atoms with Crippen molar-refractivity contribution >= 4 is 10.9 Å². The van der Waals surface area contributed by atoms with Crippen molar-refractivity contribution < 1.29 is 4.74 Å². The molecule has 94 valence electrons. The number of para-hydroxylation sites is 1. The van der Waals surface area contributed by atoms with Gasteiger partial charge in [0.2, 0.25) is 0 Å². The molecule has 3 nitrogen and oxygen atoms in total. The number of rotatable bonds is 4. The summed E-state index contributed by atoms with van der Waals surface area (Å²) in [6, 6.07) is 13.9. The predicted molar refractivity (Wildman–Crippen MR) is 75.2 cm³/mol. The molecule has 3 aromatic rings. The van der Waals surface area contributed by atoms with Gasteiger partial charge in [0.05, 0.1) is 12.1 Å². The van der Waals surface area contributed by atoms with Crippen LogP contribution >= 0.6 is 0 Å². The van der Waals surface area contributed by atoms with E-state index in [0.717, 1.165) is 23.1 Å². The lowest BCUT2D eigenvalue weighted by Gasteiger charge is -2.08. The van der Waals surface area contributed by atoms with Crippen molar-refractivity contribution in [2.75, 3.05) is 6.61 Å². The molecule has 0 aliphatic rings. The van der Waals surface area contributed by atoms with Crippen molar-refractivity contribution in [1.82, 2.24) is 9.97 Å². The molecule has 0 radical (unpaired) electrons. The lowest BCUT2D eigenvalue weighted by Crippen LogP contribution is -2.02. The van der Waals surface area contributed by atoms with Crippen LogP contribution in [-0.2, 0) is 6.42 Å². The Bertz CT molecular complexity index is 662. The average Bonchev–Trinajstić information content (AvgIpc) is 2.49. The minimum Gasteiger partial charge on any atom is -0.492 e. The molecule has 0 fully saturated rings. The molecule has 0 unspecified atom stereocenters. The van der Waals surface area contributed by atoms with E-state index in [2.05, 4.69) is 16.0 Å². The van der Waals surface area contributed by atoms with Crippen molar-refractivity contribution in [3.05, 3.63) is 66.6 Å². The van der Waals surface area contributed by atoms with Gasteiger partial charge in [0.25, 0.3) is 0 Å². The molecule has 19 heavy (non-hydrogen) atoms. The van der Waals surface area contributed by atoms with E-state index in [-0.39, 0.29) is 0 Å². The fourth-order valence-corrected chi connectivity index (χ4v) is 2.02. The molecule has 2 heterocycles. The van der Waals surface area contributed by atoms with E-state index < -0.39 is 0 Å². The Morgan fingerprint density at radius 2 is 1.89 bits per heavy atom. The van der Waals surface area contributed by atoms with Crippen LogP contribution < -0.4 is 4.74 Å². The maximum atomic E-state index is 5.86. The Balaban J connectivity index is 1.72. The standard InChI is InChI=1S/C16H14N2O/c1-2-6-15-14(5-1)16(7-10-18-15)19-11-8-13-4-3-9-17-12-13/h1-7,9-10,12H,8,11H2. The smallest absolute Gasteiger partial charge is 0.130 e. The van der Waals surface area contributed by atoms with Crippen LogP contribution in [0.1, 0.15) is 5.56 Å². The number of fused-ring (bicyclic) bond motifs is 1. The number of ether oxygens (including phenoxy) is 1. The van der Waals surface area contributed by atoms with Crippen LogP contribution in [0.2, 0.25) is 0 Å². The topological polar surface area (TPSA) is 35.0 Å². The van der Waals surface area contributed by atoms with Gasteiger partial charge in [0.1, 0.15) is 5.75 Å². The summed E-state index contributed by atoms with van der Waals surface area (Å²) in [5.41, 5.74) is 2.14. The van der Waals surface area contributed by atoms with Gasteiger partial charge in [-0.1, -0.05) is 18.2 Å². The SMILES string of the molecule is c1cncc(CCOc2ccnc3ccccc23)c1.